The Morgan fingerprint density at radius 2 is 1.52 bits per heavy atom. The van der Waals surface area contributed by atoms with Gasteiger partial charge >= 0.3 is 0 Å². The first-order valence-corrected chi connectivity index (χ1v) is 10.3. The van der Waals surface area contributed by atoms with Gasteiger partial charge in [-0.2, -0.15) is 0 Å². The van der Waals surface area contributed by atoms with Crippen LogP contribution in [-0.2, 0) is 0 Å². The summed E-state index contributed by atoms with van der Waals surface area (Å²) in [5.41, 5.74) is 1.09. The molecule has 0 fully saturated rings. The Morgan fingerprint density at radius 1 is 0.939 bits per heavy atom. The van der Waals surface area contributed by atoms with Crippen LogP contribution in [-0.4, -0.2) is 20.7 Å². The third-order valence-electron chi connectivity index (χ3n) is 4.79. The maximum atomic E-state index is 13.5. The van der Waals surface area contributed by atoms with Crippen molar-refractivity contribution in [3.8, 4) is 17.1 Å². The maximum absolute atomic E-state index is 13.5. The molecule has 0 atom stereocenters. The van der Waals surface area contributed by atoms with Crippen molar-refractivity contribution in [3.05, 3.63) is 109 Å². The minimum atomic E-state index is -0.503. The maximum Gasteiger partial charge on any atom is 0.269 e. The molecule has 0 bridgehead atoms. The van der Waals surface area contributed by atoms with Crippen molar-refractivity contribution in [1.82, 2.24) is 9.55 Å². The predicted molar refractivity (Wildman–Crippen MR) is 130 cm³/mol. The number of non-ortho nitro benzene ring substituents is 1. The van der Waals surface area contributed by atoms with Crippen LogP contribution in [0.1, 0.15) is 5.56 Å². The summed E-state index contributed by atoms with van der Waals surface area (Å²) in [5, 5.41) is 22.8. The average Bonchev–Trinajstić information content (AvgIpc) is 2.81. The van der Waals surface area contributed by atoms with E-state index in [2.05, 4.69) is 10.3 Å². The lowest BCUT2D eigenvalue weighted by molar-refractivity contribution is -0.384. The molecule has 8 nitrogen and oxygen atoms in total. The number of halogens is 2. The molecule has 0 saturated heterocycles. The van der Waals surface area contributed by atoms with Crippen LogP contribution in [0.5, 0.6) is 0 Å². The summed E-state index contributed by atoms with van der Waals surface area (Å²) in [7, 11) is 0. The third kappa shape index (κ3) is 4.62. The number of nitro benzene ring substituents is 1. The predicted octanol–water partition coefficient (Wildman–Crippen LogP) is 5.86. The minimum absolute atomic E-state index is 0.0148. The fourth-order valence-corrected chi connectivity index (χ4v) is 3.44. The van der Waals surface area contributed by atoms with Crippen LogP contribution < -0.4 is 10.9 Å². The van der Waals surface area contributed by atoms with E-state index in [1.165, 1.54) is 28.8 Å². The van der Waals surface area contributed by atoms with E-state index in [4.69, 9.17) is 28.6 Å². The first-order valence-electron chi connectivity index (χ1n) is 9.58. The van der Waals surface area contributed by atoms with Crippen LogP contribution in [0.25, 0.3) is 17.1 Å². The number of nitrogens with one attached hydrogen (secondary N) is 2. The molecule has 1 heterocycles. The van der Waals surface area contributed by atoms with Gasteiger partial charge in [0.2, 0.25) is 0 Å². The van der Waals surface area contributed by atoms with Crippen molar-refractivity contribution in [1.29, 1.82) is 5.41 Å². The van der Waals surface area contributed by atoms with Crippen LogP contribution in [0.4, 0.5) is 17.2 Å². The number of hydrogen-bond acceptors (Lipinski definition) is 6. The molecule has 4 rings (SSSR count). The topological polar surface area (TPSA) is 114 Å². The van der Waals surface area contributed by atoms with E-state index in [1.54, 1.807) is 48.5 Å². The zero-order valence-electron chi connectivity index (χ0n) is 16.8. The fourth-order valence-electron chi connectivity index (χ4n) is 3.18. The average molecular weight is 480 g/mol. The van der Waals surface area contributed by atoms with E-state index in [-0.39, 0.29) is 17.1 Å². The Labute approximate surface area is 197 Å². The number of rotatable bonds is 6. The number of anilines is 2. The Morgan fingerprint density at radius 3 is 2.06 bits per heavy atom. The molecule has 0 spiro atoms. The van der Waals surface area contributed by atoms with Crippen molar-refractivity contribution in [2.75, 3.05) is 5.32 Å². The van der Waals surface area contributed by atoms with E-state index < -0.39 is 10.5 Å². The molecule has 33 heavy (non-hydrogen) atoms. The van der Waals surface area contributed by atoms with Crippen molar-refractivity contribution in [3.63, 3.8) is 0 Å². The zero-order valence-corrected chi connectivity index (χ0v) is 18.3. The number of nitrogens with zero attached hydrogens (tertiary/aromatic N) is 3. The van der Waals surface area contributed by atoms with Crippen LogP contribution >= 0.6 is 23.2 Å². The van der Waals surface area contributed by atoms with E-state index in [1.807, 2.05) is 0 Å². The Hall–Kier alpha value is -4.01. The molecule has 164 valence electrons. The van der Waals surface area contributed by atoms with Gasteiger partial charge < -0.3 is 10.7 Å². The van der Waals surface area contributed by atoms with E-state index in [0.717, 1.165) is 6.21 Å². The smallest absolute Gasteiger partial charge is 0.269 e. The Bertz CT molecular complexity index is 1400. The van der Waals surface area contributed by atoms with E-state index in [9.17, 15) is 14.9 Å². The quantitative estimate of drug-likeness (QED) is 0.204. The standard InChI is InChI=1S/C23H15Cl2N5O3/c24-15-3-1-14(2-4-15)22-28-21(27-17-7-11-19(12-8-17)30(32)33)20(13-26)23(31)29(22)18-9-5-16(25)6-10-18/h1-13,26-27H. The second-order valence-corrected chi connectivity index (χ2v) is 7.77. The summed E-state index contributed by atoms with van der Waals surface area (Å²) in [6.07, 6.45) is 0.918. The number of nitro groups is 1. The van der Waals surface area contributed by atoms with E-state index >= 15 is 0 Å². The van der Waals surface area contributed by atoms with Crippen LogP contribution in [0.3, 0.4) is 0 Å². The summed E-state index contributed by atoms with van der Waals surface area (Å²) < 4.78 is 1.39. The molecule has 0 aliphatic carbocycles. The monoisotopic (exact) mass is 479 g/mol. The highest BCUT2D eigenvalue weighted by Crippen LogP contribution is 2.26. The first-order chi connectivity index (χ1) is 15.9. The van der Waals surface area contributed by atoms with Gasteiger partial charge in [-0.1, -0.05) is 23.2 Å². The molecule has 0 radical (unpaired) electrons. The molecule has 0 aliphatic heterocycles. The summed E-state index contributed by atoms with van der Waals surface area (Å²) in [6, 6.07) is 19.2. The van der Waals surface area contributed by atoms with Crippen molar-refractivity contribution in [2.24, 2.45) is 0 Å². The third-order valence-corrected chi connectivity index (χ3v) is 5.29. The van der Waals surface area contributed by atoms with Gasteiger partial charge in [0.05, 0.1) is 10.6 Å². The molecular formula is C23H15Cl2N5O3. The fraction of sp³-hybridized carbons (Fsp3) is 0. The number of benzene rings is 3. The van der Waals surface area contributed by atoms with E-state index in [0.29, 0.717) is 32.8 Å². The molecule has 1 aromatic heterocycles. The normalized spacial score (nSPS) is 10.6. The van der Waals surface area contributed by atoms with Gasteiger partial charge in [-0.05, 0) is 60.7 Å². The zero-order chi connectivity index (χ0) is 23.5. The van der Waals surface area contributed by atoms with Gasteiger partial charge in [0, 0.05) is 39.6 Å². The van der Waals surface area contributed by atoms with Crippen molar-refractivity contribution < 1.29 is 4.92 Å². The molecule has 2 N–H and O–H groups in total. The molecular weight excluding hydrogens is 465 g/mol. The van der Waals surface area contributed by atoms with Gasteiger partial charge in [-0.15, -0.1) is 0 Å². The Kier molecular flexibility index (Phi) is 6.21. The lowest BCUT2D eigenvalue weighted by Gasteiger charge is -2.17. The molecule has 0 saturated carbocycles. The van der Waals surface area contributed by atoms with Crippen LogP contribution in [0.2, 0.25) is 10.0 Å². The minimum Gasteiger partial charge on any atom is -0.339 e. The van der Waals surface area contributed by atoms with Gasteiger partial charge in [-0.3, -0.25) is 19.5 Å². The largest absolute Gasteiger partial charge is 0.339 e. The Balaban J connectivity index is 1.91. The second-order valence-electron chi connectivity index (χ2n) is 6.89. The molecule has 3 aromatic carbocycles. The molecule has 0 amide bonds. The molecule has 4 aromatic rings. The summed E-state index contributed by atoms with van der Waals surface area (Å²) >= 11 is 12.0. The lowest BCUT2D eigenvalue weighted by atomic mass is 10.1. The lowest BCUT2D eigenvalue weighted by Crippen LogP contribution is -2.26. The van der Waals surface area contributed by atoms with Crippen LogP contribution in [0.15, 0.2) is 77.6 Å². The number of hydrogen-bond donors (Lipinski definition) is 2. The highest BCUT2D eigenvalue weighted by molar-refractivity contribution is 6.30. The highest BCUT2D eigenvalue weighted by Gasteiger charge is 2.19. The molecule has 10 heteroatoms. The SMILES string of the molecule is N=Cc1c(Nc2ccc([N+](=O)[O-])cc2)nc(-c2ccc(Cl)cc2)n(-c2ccc(Cl)cc2)c1=O. The summed E-state index contributed by atoms with van der Waals surface area (Å²) in [5.74, 6) is 0.452. The van der Waals surface area contributed by atoms with Gasteiger partial charge in [-0.25, -0.2) is 4.98 Å². The van der Waals surface area contributed by atoms with Gasteiger partial charge in [0.15, 0.2) is 0 Å². The van der Waals surface area contributed by atoms with Crippen molar-refractivity contribution >= 4 is 46.6 Å². The second kappa shape index (κ2) is 9.23. The highest BCUT2D eigenvalue weighted by atomic mass is 35.5. The van der Waals surface area contributed by atoms with Gasteiger partial charge in [0.25, 0.3) is 11.2 Å². The summed E-state index contributed by atoms with van der Waals surface area (Å²) in [6.45, 7) is 0. The summed E-state index contributed by atoms with van der Waals surface area (Å²) in [4.78, 5) is 28.5. The first kappa shape index (κ1) is 22.2. The molecule has 0 aliphatic rings. The molecule has 0 unspecified atom stereocenters. The van der Waals surface area contributed by atoms with Crippen LogP contribution in [0, 0.1) is 15.5 Å². The van der Waals surface area contributed by atoms with Crippen molar-refractivity contribution in [2.45, 2.75) is 0 Å². The van der Waals surface area contributed by atoms with Gasteiger partial charge in [0.1, 0.15) is 17.2 Å². The number of aromatic nitrogens is 2.